The zero-order valence-electron chi connectivity index (χ0n) is 10.5. The lowest BCUT2D eigenvalue weighted by atomic mass is 10.1. The van der Waals surface area contributed by atoms with Gasteiger partial charge >= 0.3 is 0 Å². The van der Waals surface area contributed by atoms with E-state index in [9.17, 15) is 0 Å². The Bertz CT molecular complexity index is 459. The van der Waals surface area contributed by atoms with Crippen molar-refractivity contribution in [3.63, 3.8) is 0 Å². The Morgan fingerprint density at radius 2 is 2.11 bits per heavy atom. The Hall–Kier alpha value is -1.57. The maximum absolute atomic E-state index is 6.80. The van der Waals surface area contributed by atoms with Crippen LogP contribution in [0.2, 0.25) is 5.02 Å². The van der Waals surface area contributed by atoms with E-state index in [-0.39, 0.29) is 0 Å². The zero-order valence-corrected chi connectivity index (χ0v) is 11.2. The molecule has 0 bridgehead atoms. The van der Waals surface area contributed by atoms with Crippen LogP contribution in [-0.2, 0) is 0 Å². The predicted octanol–water partition coefficient (Wildman–Crippen LogP) is 0.825. The molecule has 1 aromatic rings. The molecule has 7 nitrogen and oxygen atoms in total. The van der Waals surface area contributed by atoms with Crippen molar-refractivity contribution >= 4 is 23.0 Å². The number of nitrogens with zero attached hydrogens (tertiary/aromatic N) is 2. The number of nitrogen functional groups attached to an aromatic ring is 1. The molecular weight excluding hydrogens is 266 g/mol. The monoisotopic (exact) mass is 283 g/mol. The average Bonchev–Trinajstić information content (AvgIpc) is 2.42. The van der Waals surface area contributed by atoms with E-state index in [2.05, 4.69) is 20.9 Å². The van der Waals surface area contributed by atoms with E-state index in [0.29, 0.717) is 16.3 Å². The summed E-state index contributed by atoms with van der Waals surface area (Å²) in [7, 11) is 0. The summed E-state index contributed by atoms with van der Waals surface area (Å²) in [5.41, 5.74) is 23.4. The van der Waals surface area contributed by atoms with E-state index in [1.165, 1.54) is 0 Å². The van der Waals surface area contributed by atoms with E-state index in [4.69, 9.17) is 28.6 Å². The summed E-state index contributed by atoms with van der Waals surface area (Å²) in [4.78, 5) is 2.17. The van der Waals surface area contributed by atoms with Crippen LogP contribution >= 0.6 is 11.6 Å². The van der Waals surface area contributed by atoms with Gasteiger partial charge in [0.2, 0.25) is 0 Å². The van der Waals surface area contributed by atoms with Crippen LogP contribution in [0.4, 0.5) is 11.4 Å². The summed E-state index contributed by atoms with van der Waals surface area (Å²) >= 11 is 6.13. The highest BCUT2D eigenvalue weighted by Crippen LogP contribution is 2.33. The van der Waals surface area contributed by atoms with Gasteiger partial charge in [0, 0.05) is 36.8 Å². The summed E-state index contributed by atoms with van der Waals surface area (Å²) in [6.45, 7) is 3.56. The van der Waals surface area contributed by atoms with Gasteiger partial charge in [0.15, 0.2) is 0 Å². The third kappa shape index (κ3) is 3.06. The van der Waals surface area contributed by atoms with Gasteiger partial charge in [-0.1, -0.05) is 16.8 Å². The highest BCUT2D eigenvalue weighted by atomic mass is 35.5. The number of rotatable bonds is 4. The largest absolute Gasteiger partial charge is 0.397 e. The van der Waals surface area contributed by atoms with E-state index >= 15 is 0 Å². The first-order chi connectivity index (χ1) is 9.13. The third-order valence-electron chi connectivity index (χ3n) is 3.15. The van der Waals surface area contributed by atoms with Gasteiger partial charge in [-0.05, 0) is 12.1 Å². The van der Waals surface area contributed by atoms with Crippen LogP contribution in [0.3, 0.4) is 0 Å². The highest BCUT2D eigenvalue weighted by Gasteiger charge is 2.19. The molecule has 1 atom stereocenters. The Kier molecular flexibility index (Phi) is 4.41. The number of piperazine rings is 1. The van der Waals surface area contributed by atoms with Crippen molar-refractivity contribution in [3.05, 3.63) is 22.7 Å². The van der Waals surface area contributed by atoms with Gasteiger partial charge in [-0.25, -0.2) is 0 Å². The second-order valence-electron chi connectivity index (χ2n) is 4.38. The Balaban J connectivity index is 2.35. The lowest BCUT2D eigenvalue weighted by Gasteiger charge is -2.31. The number of hydrogen-bond donors (Lipinski definition) is 5. The second kappa shape index (κ2) is 6.05. The van der Waals surface area contributed by atoms with Crippen LogP contribution in [-0.4, -0.2) is 26.2 Å². The van der Waals surface area contributed by atoms with Crippen LogP contribution in [0, 0.1) is 5.53 Å². The van der Waals surface area contributed by atoms with Gasteiger partial charge < -0.3 is 21.7 Å². The standard InChI is InChI=1S/C11H18ClN7/c12-7-5-8(11(14)17-18-15)10(13)9(6-7)19-3-1-16-2-4-19/h5-6,11,16H,1-4,13-14H2,(H2,15,17). The number of benzene rings is 1. The minimum Gasteiger partial charge on any atom is -0.397 e. The van der Waals surface area contributed by atoms with Crippen molar-refractivity contribution in [2.75, 3.05) is 36.8 Å². The molecule has 2 rings (SSSR count). The molecule has 1 heterocycles. The van der Waals surface area contributed by atoms with E-state index in [1.54, 1.807) is 6.07 Å². The molecule has 1 aliphatic rings. The minimum absolute atomic E-state index is 0.569. The molecule has 0 aromatic heterocycles. The summed E-state index contributed by atoms with van der Waals surface area (Å²) in [6.07, 6.45) is -0.641. The molecule has 1 aliphatic heterocycles. The summed E-state index contributed by atoms with van der Waals surface area (Å²) in [5.74, 6) is 0. The van der Waals surface area contributed by atoms with Crippen molar-refractivity contribution in [1.29, 1.82) is 5.53 Å². The molecule has 0 amide bonds. The molecule has 1 unspecified atom stereocenters. The quantitative estimate of drug-likeness (QED) is 0.243. The highest BCUT2D eigenvalue weighted by molar-refractivity contribution is 6.31. The van der Waals surface area contributed by atoms with Crippen molar-refractivity contribution < 1.29 is 0 Å². The Morgan fingerprint density at radius 3 is 2.74 bits per heavy atom. The van der Waals surface area contributed by atoms with Gasteiger partial charge in [0.1, 0.15) is 6.17 Å². The smallest absolute Gasteiger partial charge is 0.121 e. The van der Waals surface area contributed by atoms with Gasteiger partial charge in [-0.2, -0.15) is 5.53 Å². The maximum Gasteiger partial charge on any atom is 0.121 e. The molecule has 19 heavy (non-hydrogen) atoms. The fraction of sp³-hybridized carbons (Fsp3) is 0.455. The Labute approximate surface area is 116 Å². The van der Waals surface area contributed by atoms with Crippen molar-refractivity contribution in [1.82, 2.24) is 10.7 Å². The average molecular weight is 284 g/mol. The van der Waals surface area contributed by atoms with Crippen molar-refractivity contribution in [2.45, 2.75) is 6.17 Å². The number of nitrogens with two attached hydrogens (primary N) is 2. The molecule has 1 aromatic carbocycles. The number of hydrogen-bond acceptors (Lipinski definition) is 6. The van der Waals surface area contributed by atoms with Crippen LogP contribution in [0.15, 0.2) is 17.4 Å². The minimum atomic E-state index is -0.641. The van der Waals surface area contributed by atoms with Crippen LogP contribution < -0.4 is 27.1 Å². The fourth-order valence-electron chi connectivity index (χ4n) is 2.19. The lowest BCUT2D eigenvalue weighted by Crippen LogP contribution is -2.44. The maximum atomic E-state index is 6.80. The van der Waals surface area contributed by atoms with Crippen LogP contribution in [0.1, 0.15) is 11.7 Å². The first-order valence-corrected chi connectivity index (χ1v) is 6.43. The molecule has 8 heteroatoms. The van der Waals surface area contributed by atoms with Crippen LogP contribution in [0.25, 0.3) is 0 Å². The van der Waals surface area contributed by atoms with Crippen molar-refractivity contribution in [3.8, 4) is 0 Å². The molecule has 1 fully saturated rings. The summed E-state index contributed by atoms with van der Waals surface area (Å²) in [5, 5.41) is 6.93. The Morgan fingerprint density at radius 1 is 1.42 bits per heavy atom. The molecule has 0 saturated carbocycles. The van der Waals surface area contributed by atoms with Gasteiger partial charge in [0.25, 0.3) is 0 Å². The topological polar surface area (TPSA) is 116 Å². The molecule has 7 N–H and O–H groups in total. The third-order valence-corrected chi connectivity index (χ3v) is 3.37. The number of anilines is 2. The van der Waals surface area contributed by atoms with E-state index in [1.807, 2.05) is 6.07 Å². The SMILES string of the molecule is N=NNC(N)c1cc(Cl)cc(N2CCNCC2)c1N. The summed E-state index contributed by atoms with van der Waals surface area (Å²) in [6, 6.07) is 3.54. The summed E-state index contributed by atoms with van der Waals surface area (Å²) < 4.78 is 0. The zero-order chi connectivity index (χ0) is 13.8. The van der Waals surface area contributed by atoms with Gasteiger partial charge in [0.05, 0.1) is 11.4 Å². The predicted molar refractivity (Wildman–Crippen MR) is 76.2 cm³/mol. The fourth-order valence-corrected chi connectivity index (χ4v) is 2.41. The van der Waals surface area contributed by atoms with Gasteiger partial charge in [-0.3, -0.25) is 5.43 Å². The van der Waals surface area contributed by atoms with E-state index < -0.39 is 6.17 Å². The normalized spacial score (nSPS) is 17.1. The van der Waals surface area contributed by atoms with Gasteiger partial charge in [-0.15, -0.1) is 0 Å². The second-order valence-corrected chi connectivity index (χ2v) is 4.82. The molecule has 0 aliphatic carbocycles. The lowest BCUT2D eigenvalue weighted by molar-refractivity contribution is 0.543. The van der Waals surface area contributed by atoms with Crippen LogP contribution in [0.5, 0.6) is 0 Å². The molecule has 104 valence electrons. The molecule has 1 saturated heterocycles. The molecular formula is C11H18ClN7. The first kappa shape index (κ1) is 13.9. The molecule has 0 spiro atoms. The van der Waals surface area contributed by atoms with Crippen molar-refractivity contribution in [2.24, 2.45) is 11.0 Å². The molecule has 0 radical (unpaired) electrons. The first-order valence-electron chi connectivity index (χ1n) is 6.05. The number of halogens is 1. The van der Waals surface area contributed by atoms with E-state index in [0.717, 1.165) is 31.9 Å². The number of nitrogens with one attached hydrogen (secondary N) is 3.